The zero-order chi connectivity index (χ0) is 13.8. The Morgan fingerprint density at radius 3 is 2.53 bits per heavy atom. The Bertz CT molecular complexity index is 531. The van der Waals surface area contributed by atoms with Gasteiger partial charge >= 0.3 is 0 Å². The van der Waals surface area contributed by atoms with Crippen LogP contribution in [0.5, 0.6) is 0 Å². The average Bonchev–Trinajstić information content (AvgIpc) is 2.83. The maximum Gasteiger partial charge on any atom is 0.0804 e. The summed E-state index contributed by atoms with van der Waals surface area (Å²) in [7, 11) is 0. The van der Waals surface area contributed by atoms with Gasteiger partial charge < -0.3 is 9.67 Å². The van der Waals surface area contributed by atoms with Crippen molar-refractivity contribution in [3.63, 3.8) is 0 Å². The minimum Gasteiger partial charge on any atom is -0.388 e. The van der Waals surface area contributed by atoms with Crippen LogP contribution in [0.3, 0.4) is 0 Å². The summed E-state index contributed by atoms with van der Waals surface area (Å²) in [6.07, 6.45) is 5.22. The van der Waals surface area contributed by atoms with Gasteiger partial charge in [0.15, 0.2) is 0 Å². The molecule has 1 unspecified atom stereocenters. The van der Waals surface area contributed by atoms with Gasteiger partial charge in [0.25, 0.3) is 0 Å². The molecule has 0 fully saturated rings. The molecule has 0 spiro atoms. The van der Waals surface area contributed by atoms with E-state index < -0.39 is 6.10 Å². The van der Waals surface area contributed by atoms with Crippen LogP contribution in [0.4, 0.5) is 0 Å². The zero-order valence-electron chi connectivity index (χ0n) is 10.8. The number of hydrogen-bond donors (Lipinski definition) is 1. The second kappa shape index (κ2) is 6.47. The van der Waals surface area contributed by atoms with E-state index in [1.165, 1.54) is 0 Å². The summed E-state index contributed by atoms with van der Waals surface area (Å²) in [4.78, 5) is 0. The number of aliphatic hydroxyl groups is 1. The molecule has 0 aliphatic carbocycles. The summed E-state index contributed by atoms with van der Waals surface area (Å²) in [6.45, 7) is 2.67. The van der Waals surface area contributed by atoms with E-state index in [1.54, 1.807) is 0 Å². The number of nitrogens with zero attached hydrogens (tertiary/aromatic N) is 1. The van der Waals surface area contributed by atoms with Crippen molar-refractivity contribution in [2.75, 3.05) is 0 Å². The van der Waals surface area contributed by atoms with Crippen molar-refractivity contribution in [3.8, 4) is 0 Å². The smallest absolute Gasteiger partial charge is 0.0804 e. The highest BCUT2D eigenvalue weighted by Crippen LogP contribution is 2.26. The van der Waals surface area contributed by atoms with Crippen LogP contribution in [0.1, 0.15) is 37.0 Å². The zero-order valence-corrected chi connectivity index (χ0v) is 12.3. The van der Waals surface area contributed by atoms with Crippen molar-refractivity contribution in [2.24, 2.45) is 0 Å². The van der Waals surface area contributed by atoms with E-state index in [2.05, 4.69) is 6.92 Å². The van der Waals surface area contributed by atoms with Crippen LogP contribution in [-0.2, 0) is 6.54 Å². The lowest BCUT2D eigenvalue weighted by molar-refractivity contribution is 0.166. The minimum absolute atomic E-state index is 0.395. The van der Waals surface area contributed by atoms with Crippen molar-refractivity contribution in [1.29, 1.82) is 0 Å². The molecule has 0 bridgehead atoms. The third-order valence-electron chi connectivity index (χ3n) is 3.12. The van der Waals surface area contributed by atoms with Crippen LogP contribution in [0.2, 0.25) is 10.0 Å². The highest BCUT2D eigenvalue weighted by molar-refractivity contribution is 6.35. The van der Waals surface area contributed by atoms with Gasteiger partial charge in [-0.05, 0) is 30.2 Å². The molecular weight excluding hydrogens is 281 g/mol. The fourth-order valence-corrected chi connectivity index (χ4v) is 2.58. The van der Waals surface area contributed by atoms with Crippen molar-refractivity contribution in [1.82, 2.24) is 4.57 Å². The molecule has 0 radical (unpaired) electrons. The lowest BCUT2D eigenvalue weighted by atomic mass is 10.1. The van der Waals surface area contributed by atoms with E-state index in [4.69, 9.17) is 23.2 Å². The summed E-state index contributed by atoms with van der Waals surface area (Å²) in [6, 6.07) is 7.43. The predicted octanol–water partition coefficient (Wildman–Crippen LogP) is 4.68. The fraction of sp³-hybridized carbons (Fsp3) is 0.333. The molecule has 1 heterocycles. The topological polar surface area (TPSA) is 25.2 Å². The molecule has 1 atom stereocenters. The molecule has 0 saturated heterocycles. The monoisotopic (exact) mass is 297 g/mol. The molecule has 2 nitrogen and oxygen atoms in total. The maximum absolute atomic E-state index is 9.94. The van der Waals surface area contributed by atoms with Crippen LogP contribution in [0, 0.1) is 0 Å². The van der Waals surface area contributed by atoms with E-state index in [0.29, 0.717) is 16.6 Å². The van der Waals surface area contributed by atoms with Gasteiger partial charge in [0.05, 0.1) is 6.10 Å². The molecule has 102 valence electrons. The Labute approximate surface area is 123 Å². The second-order valence-electron chi connectivity index (χ2n) is 4.62. The van der Waals surface area contributed by atoms with Gasteiger partial charge in [0.1, 0.15) is 0 Å². The minimum atomic E-state index is -0.395. The Balaban J connectivity index is 2.16. The fourth-order valence-electron chi connectivity index (χ4n) is 2.06. The first-order valence-corrected chi connectivity index (χ1v) is 7.14. The van der Waals surface area contributed by atoms with Gasteiger partial charge in [0.2, 0.25) is 0 Å². The van der Waals surface area contributed by atoms with Crippen molar-refractivity contribution < 1.29 is 5.11 Å². The molecule has 4 heteroatoms. The second-order valence-corrected chi connectivity index (χ2v) is 5.44. The number of aliphatic hydroxyl groups excluding tert-OH is 1. The number of halogens is 2. The van der Waals surface area contributed by atoms with Gasteiger partial charge in [-0.3, -0.25) is 0 Å². The quantitative estimate of drug-likeness (QED) is 0.852. The molecule has 0 aliphatic rings. The number of rotatable bonds is 5. The van der Waals surface area contributed by atoms with E-state index in [9.17, 15) is 5.11 Å². The Morgan fingerprint density at radius 1 is 1.21 bits per heavy atom. The van der Waals surface area contributed by atoms with Crippen LogP contribution in [-0.4, -0.2) is 9.67 Å². The molecule has 0 saturated carbocycles. The van der Waals surface area contributed by atoms with E-state index >= 15 is 0 Å². The lowest BCUT2D eigenvalue weighted by Crippen LogP contribution is -1.99. The Hall–Kier alpha value is -0.960. The lowest BCUT2D eigenvalue weighted by Gasteiger charge is -2.09. The van der Waals surface area contributed by atoms with E-state index in [1.807, 2.05) is 41.2 Å². The molecule has 1 aromatic heterocycles. The van der Waals surface area contributed by atoms with Crippen LogP contribution < -0.4 is 0 Å². The first-order valence-electron chi connectivity index (χ1n) is 6.38. The van der Waals surface area contributed by atoms with Crippen LogP contribution >= 0.6 is 23.2 Å². The highest BCUT2D eigenvalue weighted by atomic mass is 35.5. The number of aromatic nitrogens is 1. The van der Waals surface area contributed by atoms with Gasteiger partial charge in [-0.2, -0.15) is 0 Å². The SMILES string of the molecule is CCCC(O)c1ccn(Cc2c(Cl)cccc2Cl)c1. The average molecular weight is 298 g/mol. The van der Waals surface area contributed by atoms with Crippen molar-refractivity contribution in [3.05, 3.63) is 57.8 Å². The molecule has 1 aromatic carbocycles. The van der Waals surface area contributed by atoms with Gasteiger partial charge in [-0.15, -0.1) is 0 Å². The van der Waals surface area contributed by atoms with Gasteiger partial charge in [-0.1, -0.05) is 42.6 Å². The van der Waals surface area contributed by atoms with Gasteiger partial charge in [-0.25, -0.2) is 0 Å². The predicted molar refractivity (Wildman–Crippen MR) is 79.9 cm³/mol. The van der Waals surface area contributed by atoms with Crippen molar-refractivity contribution in [2.45, 2.75) is 32.4 Å². The van der Waals surface area contributed by atoms with E-state index in [0.717, 1.165) is 24.0 Å². The van der Waals surface area contributed by atoms with Crippen LogP contribution in [0.15, 0.2) is 36.7 Å². The number of benzene rings is 1. The normalized spacial score (nSPS) is 12.6. The first-order chi connectivity index (χ1) is 9.11. The Kier molecular flexibility index (Phi) is 4.92. The molecule has 1 N–H and O–H groups in total. The first kappa shape index (κ1) is 14.4. The number of hydrogen-bond acceptors (Lipinski definition) is 1. The molecular formula is C15H17Cl2NO. The van der Waals surface area contributed by atoms with Crippen LogP contribution in [0.25, 0.3) is 0 Å². The molecule has 2 aromatic rings. The molecule has 0 aliphatic heterocycles. The summed E-state index contributed by atoms with van der Waals surface area (Å²) in [5, 5.41) is 11.3. The third-order valence-corrected chi connectivity index (χ3v) is 3.83. The summed E-state index contributed by atoms with van der Waals surface area (Å²) >= 11 is 12.3. The standard InChI is InChI=1S/C15H17Cl2NO/c1-2-4-15(19)11-7-8-18(9-11)10-12-13(16)5-3-6-14(12)17/h3,5-9,15,19H,2,4,10H2,1H3. The summed E-state index contributed by atoms with van der Waals surface area (Å²) < 4.78 is 1.99. The highest BCUT2D eigenvalue weighted by Gasteiger charge is 2.10. The van der Waals surface area contributed by atoms with Gasteiger partial charge in [0, 0.05) is 34.5 Å². The summed E-state index contributed by atoms with van der Waals surface area (Å²) in [5.74, 6) is 0. The summed E-state index contributed by atoms with van der Waals surface area (Å²) in [5.41, 5.74) is 1.84. The molecule has 19 heavy (non-hydrogen) atoms. The largest absolute Gasteiger partial charge is 0.388 e. The van der Waals surface area contributed by atoms with E-state index in [-0.39, 0.29) is 0 Å². The Morgan fingerprint density at radius 2 is 1.89 bits per heavy atom. The van der Waals surface area contributed by atoms with Crippen molar-refractivity contribution >= 4 is 23.2 Å². The third kappa shape index (κ3) is 3.53. The molecule has 0 amide bonds. The molecule has 2 rings (SSSR count). The maximum atomic E-state index is 9.94.